The van der Waals surface area contributed by atoms with Crippen molar-refractivity contribution in [2.45, 2.75) is 57.9 Å². The van der Waals surface area contributed by atoms with Crippen LogP contribution in [0.4, 0.5) is 4.39 Å². The third-order valence-corrected chi connectivity index (χ3v) is 7.29. The van der Waals surface area contributed by atoms with Gasteiger partial charge in [-0.05, 0) is 36.1 Å². The normalized spacial score (nSPS) is 16.2. The fourth-order valence-electron chi connectivity index (χ4n) is 4.66. The van der Waals surface area contributed by atoms with E-state index in [9.17, 15) is 23.6 Å². The van der Waals surface area contributed by atoms with Gasteiger partial charge in [-0.1, -0.05) is 42.5 Å². The second-order valence-electron chi connectivity index (χ2n) is 9.41. The minimum atomic E-state index is -1.72. The van der Waals surface area contributed by atoms with Crippen LogP contribution < -0.4 is 5.32 Å². The van der Waals surface area contributed by atoms with Crippen molar-refractivity contribution < 1.29 is 33.0 Å². The summed E-state index contributed by atoms with van der Waals surface area (Å²) in [6, 6.07) is 15.2. The number of carbonyl (C=O) groups is 4. The van der Waals surface area contributed by atoms with Crippen LogP contribution in [0.3, 0.4) is 0 Å². The molecule has 1 unspecified atom stereocenters. The zero-order valence-electron chi connectivity index (χ0n) is 22.2. The molecule has 4 rings (SSSR count). The highest BCUT2D eigenvalue weighted by Crippen LogP contribution is 2.33. The van der Waals surface area contributed by atoms with Gasteiger partial charge in [0.15, 0.2) is 0 Å². The van der Waals surface area contributed by atoms with Crippen molar-refractivity contribution >= 4 is 35.1 Å². The number of esters is 2. The highest BCUT2D eigenvalue weighted by atomic mass is 32.1. The lowest BCUT2D eigenvalue weighted by molar-refractivity contribution is -0.178. The molecule has 2 aromatic carbocycles. The maximum Gasteiger partial charge on any atom is 0.303 e. The van der Waals surface area contributed by atoms with Gasteiger partial charge in [0.05, 0.1) is 18.3 Å². The molecular weight excluding hydrogens is 537 g/mol. The number of hydrogen-bond donors (Lipinski definition) is 1. The van der Waals surface area contributed by atoms with E-state index in [-0.39, 0.29) is 6.54 Å². The van der Waals surface area contributed by atoms with Gasteiger partial charge in [0, 0.05) is 32.2 Å². The second-order valence-corrected chi connectivity index (χ2v) is 10.4. The first-order valence-electron chi connectivity index (χ1n) is 12.9. The van der Waals surface area contributed by atoms with Crippen LogP contribution in [0.25, 0.3) is 0 Å². The molecule has 210 valence electrons. The summed E-state index contributed by atoms with van der Waals surface area (Å²) in [6.07, 6.45) is -1.53. The maximum absolute atomic E-state index is 13.7. The van der Waals surface area contributed by atoms with Crippen LogP contribution in [-0.2, 0) is 41.6 Å². The quantitative estimate of drug-likeness (QED) is 0.372. The number of nitrogens with zero attached hydrogens (tertiary/aromatic N) is 2. The molecule has 3 atom stereocenters. The van der Waals surface area contributed by atoms with E-state index in [2.05, 4.69) is 10.3 Å². The van der Waals surface area contributed by atoms with Crippen molar-refractivity contribution in [1.29, 1.82) is 0 Å². The predicted molar refractivity (Wildman–Crippen MR) is 144 cm³/mol. The molecule has 0 saturated carbocycles. The van der Waals surface area contributed by atoms with Gasteiger partial charge in [0.2, 0.25) is 12.2 Å². The van der Waals surface area contributed by atoms with Crippen LogP contribution in [0.5, 0.6) is 0 Å². The molecular formula is C29H30FN3O6S. The summed E-state index contributed by atoms with van der Waals surface area (Å²) in [5.74, 6) is -3.52. The lowest BCUT2D eigenvalue weighted by Crippen LogP contribution is -2.53. The SMILES string of the molecule is CC(=O)O[C@@H](C(=O)NCc1nc(Cc2ccccc2)cs1)[C@@H](OC(C)=O)C(=O)N1CCCC1c1ccc(F)cc1. The third kappa shape index (κ3) is 7.50. The van der Waals surface area contributed by atoms with Crippen molar-refractivity contribution in [3.63, 3.8) is 0 Å². The molecule has 40 heavy (non-hydrogen) atoms. The maximum atomic E-state index is 13.7. The lowest BCUT2D eigenvalue weighted by Gasteiger charge is -2.31. The van der Waals surface area contributed by atoms with E-state index in [1.807, 2.05) is 35.7 Å². The van der Waals surface area contributed by atoms with Gasteiger partial charge in [-0.3, -0.25) is 19.2 Å². The number of rotatable bonds is 10. The Hall–Kier alpha value is -4.12. The fourth-order valence-corrected chi connectivity index (χ4v) is 5.39. The summed E-state index contributed by atoms with van der Waals surface area (Å²) >= 11 is 1.36. The molecule has 1 aromatic heterocycles. The number of thiazole rings is 1. The van der Waals surface area contributed by atoms with Gasteiger partial charge in [0.25, 0.3) is 11.8 Å². The first-order valence-corrected chi connectivity index (χ1v) is 13.7. The van der Waals surface area contributed by atoms with E-state index in [4.69, 9.17) is 9.47 Å². The molecule has 1 saturated heterocycles. The van der Waals surface area contributed by atoms with E-state index < -0.39 is 47.8 Å². The number of ether oxygens (including phenoxy) is 2. The van der Waals surface area contributed by atoms with Crippen LogP contribution in [-0.4, -0.2) is 52.4 Å². The molecule has 0 spiro atoms. The number of halogens is 1. The largest absolute Gasteiger partial charge is 0.448 e. The van der Waals surface area contributed by atoms with Gasteiger partial charge in [0.1, 0.15) is 10.8 Å². The Kier molecular flexibility index (Phi) is 9.60. The van der Waals surface area contributed by atoms with Gasteiger partial charge < -0.3 is 19.7 Å². The van der Waals surface area contributed by atoms with E-state index in [0.717, 1.165) is 25.1 Å². The Morgan fingerprint density at radius 1 is 1.02 bits per heavy atom. The van der Waals surface area contributed by atoms with E-state index >= 15 is 0 Å². The molecule has 1 aliphatic rings. The minimum Gasteiger partial charge on any atom is -0.448 e. The molecule has 0 bridgehead atoms. The standard InChI is InChI=1S/C29H30FN3O6S/c1-18(34)38-26(28(36)31-16-25-32-23(17-40-25)15-20-7-4-3-5-8-20)27(39-19(2)35)29(37)33-14-6-9-24(33)21-10-12-22(30)13-11-21/h3-5,7-8,10-13,17,24,26-27H,6,9,14-16H2,1-2H3,(H,31,36)/t24?,26-,27-/m1/s1. The number of amides is 2. The van der Waals surface area contributed by atoms with E-state index in [1.165, 1.54) is 28.4 Å². The van der Waals surface area contributed by atoms with Crippen molar-refractivity contribution in [2.75, 3.05) is 6.54 Å². The number of likely N-dealkylation sites (tertiary alicyclic amines) is 1. The summed E-state index contributed by atoms with van der Waals surface area (Å²) < 4.78 is 24.0. The number of aromatic nitrogens is 1. The van der Waals surface area contributed by atoms with Crippen LogP contribution in [0.15, 0.2) is 60.0 Å². The number of nitrogens with one attached hydrogen (secondary N) is 1. The fraction of sp³-hybridized carbons (Fsp3) is 0.345. The lowest BCUT2D eigenvalue weighted by atomic mass is 10.0. The monoisotopic (exact) mass is 567 g/mol. The summed E-state index contributed by atoms with van der Waals surface area (Å²) in [7, 11) is 0. The van der Waals surface area contributed by atoms with Crippen molar-refractivity contribution in [2.24, 2.45) is 0 Å². The number of benzene rings is 2. The molecule has 3 aromatic rings. The second kappa shape index (κ2) is 13.3. The molecule has 11 heteroatoms. The average molecular weight is 568 g/mol. The molecule has 1 fully saturated rings. The van der Waals surface area contributed by atoms with Crippen LogP contribution in [0, 0.1) is 5.82 Å². The molecule has 0 radical (unpaired) electrons. The van der Waals surface area contributed by atoms with Crippen LogP contribution in [0.1, 0.15) is 54.6 Å². The minimum absolute atomic E-state index is 0.0267. The summed E-state index contributed by atoms with van der Waals surface area (Å²) in [5, 5.41) is 5.17. The molecule has 1 N–H and O–H groups in total. The Bertz CT molecular complexity index is 1350. The first kappa shape index (κ1) is 28.9. The highest BCUT2D eigenvalue weighted by Gasteiger charge is 2.44. The van der Waals surface area contributed by atoms with Gasteiger partial charge in [-0.25, -0.2) is 9.37 Å². The zero-order chi connectivity index (χ0) is 28.6. The van der Waals surface area contributed by atoms with Crippen LogP contribution in [0.2, 0.25) is 0 Å². The highest BCUT2D eigenvalue weighted by molar-refractivity contribution is 7.09. The molecule has 9 nitrogen and oxygen atoms in total. The third-order valence-electron chi connectivity index (χ3n) is 6.39. The summed E-state index contributed by atoms with van der Waals surface area (Å²) in [6.45, 7) is 2.56. The van der Waals surface area contributed by atoms with E-state index in [0.29, 0.717) is 36.4 Å². The molecule has 2 amide bonds. The van der Waals surface area contributed by atoms with E-state index in [1.54, 1.807) is 12.1 Å². The predicted octanol–water partition coefficient (Wildman–Crippen LogP) is 3.72. The van der Waals surface area contributed by atoms with Gasteiger partial charge in [-0.15, -0.1) is 11.3 Å². The molecule has 0 aliphatic carbocycles. The van der Waals surface area contributed by atoms with Gasteiger partial charge >= 0.3 is 11.9 Å². The molecule has 1 aliphatic heterocycles. The Morgan fingerprint density at radius 3 is 2.38 bits per heavy atom. The Labute approximate surface area is 235 Å². The van der Waals surface area contributed by atoms with Crippen molar-refractivity contribution in [1.82, 2.24) is 15.2 Å². The Balaban J connectivity index is 1.49. The summed E-state index contributed by atoms with van der Waals surface area (Å²) in [4.78, 5) is 56.9. The first-order chi connectivity index (χ1) is 19.2. The molecule has 2 heterocycles. The Morgan fingerprint density at radius 2 is 1.70 bits per heavy atom. The zero-order valence-corrected chi connectivity index (χ0v) is 23.0. The van der Waals surface area contributed by atoms with Crippen molar-refractivity contribution in [3.8, 4) is 0 Å². The summed E-state index contributed by atoms with van der Waals surface area (Å²) in [5.41, 5.74) is 2.64. The topological polar surface area (TPSA) is 115 Å². The van der Waals surface area contributed by atoms with Gasteiger partial charge in [-0.2, -0.15) is 0 Å². The van der Waals surface area contributed by atoms with Crippen molar-refractivity contribution in [3.05, 3.63) is 87.6 Å². The number of carbonyl (C=O) groups excluding carboxylic acids is 4. The average Bonchev–Trinajstić information content (AvgIpc) is 3.59. The van der Waals surface area contributed by atoms with Crippen LogP contribution >= 0.6 is 11.3 Å². The smallest absolute Gasteiger partial charge is 0.303 e. The number of hydrogen-bond acceptors (Lipinski definition) is 8.